The molecular weight excluding hydrogens is 459 g/mol. The lowest BCUT2D eigenvalue weighted by Crippen LogP contribution is -2.42. The van der Waals surface area contributed by atoms with Crippen molar-refractivity contribution in [1.29, 1.82) is 0 Å². The maximum atomic E-state index is 13.5. The smallest absolute Gasteiger partial charge is 0.245 e. The lowest BCUT2D eigenvalue weighted by molar-refractivity contribution is -0.139. The molecule has 190 valence electrons. The van der Waals surface area contributed by atoms with Crippen molar-refractivity contribution in [1.82, 2.24) is 14.7 Å². The Bertz CT molecular complexity index is 1140. The van der Waals surface area contributed by atoms with Crippen molar-refractivity contribution in [3.63, 3.8) is 0 Å². The van der Waals surface area contributed by atoms with Gasteiger partial charge in [-0.3, -0.25) is 9.59 Å². The molecular formula is C28H33FN4O3. The Labute approximate surface area is 211 Å². The highest BCUT2D eigenvalue weighted by atomic mass is 19.1. The van der Waals surface area contributed by atoms with Gasteiger partial charge in [-0.1, -0.05) is 49.6 Å². The number of benzene rings is 2. The summed E-state index contributed by atoms with van der Waals surface area (Å²) in [7, 11) is 1.63. The molecule has 1 aromatic heterocycles. The van der Waals surface area contributed by atoms with Crippen LogP contribution in [-0.4, -0.2) is 53.3 Å². The van der Waals surface area contributed by atoms with Gasteiger partial charge >= 0.3 is 0 Å². The number of anilines is 1. The highest BCUT2D eigenvalue weighted by Crippen LogP contribution is 2.27. The quantitative estimate of drug-likeness (QED) is 0.401. The summed E-state index contributed by atoms with van der Waals surface area (Å²) in [5.41, 5.74) is 2.18. The van der Waals surface area contributed by atoms with Gasteiger partial charge in [-0.25, -0.2) is 9.07 Å². The van der Waals surface area contributed by atoms with E-state index in [2.05, 4.69) is 10.4 Å². The molecule has 2 amide bonds. The number of hydrogen-bond donors (Lipinski definition) is 1. The van der Waals surface area contributed by atoms with Crippen LogP contribution in [0.15, 0.2) is 60.7 Å². The minimum absolute atomic E-state index is 0.0245. The number of nitrogens with zero attached hydrogens (tertiary/aromatic N) is 3. The third-order valence-corrected chi connectivity index (χ3v) is 6.49. The summed E-state index contributed by atoms with van der Waals surface area (Å²) in [6.45, 7) is 0.936. The van der Waals surface area contributed by atoms with Crippen LogP contribution >= 0.6 is 0 Å². The highest BCUT2D eigenvalue weighted by Gasteiger charge is 2.27. The summed E-state index contributed by atoms with van der Waals surface area (Å²) in [4.78, 5) is 28.1. The van der Waals surface area contributed by atoms with Gasteiger partial charge in [0.1, 0.15) is 11.6 Å². The summed E-state index contributed by atoms with van der Waals surface area (Å²) in [6.07, 6.45) is 5.66. The maximum absolute atomic E-state index is 13.5. The molecule has 0 aliphatic heterocycles. The number of hydrogen-bond acceptors (Lipinski definition) is 4. The Kier molecular flexibility index (Phi) is 8.84. The van der Waals surface area contributed by atoms with E-state index in [1.54, 1.807) is 34.9 Å². The summed E-state index contributed by atoms with van der Waals surface area (Å²) in [6, 6.07) is 17.3. The fourth-order valence-corrected chi connectivity index (χ4v) is 4.63. The lowest BCUT2D eigenvalue weighted by Gasteiger charge is -2.29. The number of halogens is 1. The van der Waals surface area contributed by atoms with E-state index in [0.29, 0.717) is 36.8 Å². The Morgan fingerprint density at radius 3 is 2.50 bits per heavy atom. The Morgan fingerprint density at radius 1 is 1.08 bits per heavy atom. The molecule has 1 saturated carbocycles. The second-order valence-corrected chi connectivity index (χ2v) is 9.16. The topological polar surface area (TPSA) is 76.5 Å². The average molecular weight is 493 g/mol. The molecule has 1 heterocycles. The molecule has 1 aliphatic carbocycles. The van der Waals surface area contributed by atoms with Crippen molar-refractivity contribution >= 4 is 17.6 Å². The van der Waals surface area contributed by atoms with E-state index < -0.39 is 0 Å². The number of rotatable bonds is 10. The predicted molar refractivity (Wildman–Crippen MR) is 137 cm³/mol. The van der Waals surface area contributed by atoms with Gasteiger partial charge in [-0.2, -0.15) is 5.10 Å². The van der Waals surface area contributed by atoms with Crippen LogP contribution in [0.3, 0.4) is 0 Å². The lowest BCUT2D eigenvalue weighted by atomic mass is 9.88. The second kappa shape index (κ2) is 12.4. The van der Waals surface area contributed by atoms with E-state index >= 15 is 0 Å². The molecule has 8 heteroatoms. The predicted octanol–water partition coefficient (Wildman–Crippen LogP) is 5.06. The number of nitrogens with one attached hydrogen (secondary N) is 1. The number of carbonyl (C=O) groups is 2. The molecule has 1 N–H and O–H groups in total. The first-order chi connectivity index (χ1) is 17.5. The van der Waals surface area contributed by atoms with Gasteiger partial charge in [-0.15, -0.1) is 0 Å². The SMILES string of the molecule is COCCCN(CC(=O)Nc1cc(-c2ccccc2)nn1-c1ccc(F)cc1)C(=O)C1CCCCC1. The first-order valence-electron chi connectivity index (χ1n) is 12.5. The molecule has 7 nitrogen and oxygen atoms in total. The van der Waals surface area contributed by atoms with Crippen LogP contribution < -0.4 is 5.32 Å². The van der Waals surface area contributed by atoms with Gasteiger partial charge in [-0.05, 0) is 43.5 Å². The fourth-order valence-electron chi connectivity index (χ4n) is 4.63. The van der Waals surface area contributed by atoms with Gasteiger partial charge in [0.15, 0.2) is 0 Å². The van der Waals surface area contributed by atoms with E-state index in [9.17, 15) is 14.0 Å². The fraction of sp³-hybridized carbons (Fsp3) is 0.393. The van der Waals surface area contributed by atoms with Crippen LogP contribution in [-0.2, 0) is 14.3 Å². The van der Waals surface area contributed by atoms with Crippen LogP contribution in [0.2, 0.25) is 0 Å². The molecule has 0 unspecified atom stereocenters. The van der Waals surface area contributed by atoms with E-state index in [-0.39, 0.29) is 30.1 Å². The molecule has 0 spiro atoms. The second-order valence-electron chi connectivity index (χ2n) is 9.16. The molecule has 3 aromatic rings. The first-order valence-corrected chi connectivity index (χ1v) is 12.5. The third-order valence-electron chi connectivity index (χ3n) is 6.49. The van der Waals surface area contributed by atoms with Gasteiger partial charge in [0.2, 0.25) is 11.8 Å². The minimum atomic E-state index is -0.354. The maximum Gasteiger partial charge on any atom is 0.245 e. The number of carbonyl (C=O) groups excluding carboxylic acids is 2. The van der Waals surface area contributed by atoms with E-state index in [1.165, 1.54) is 12.1 Å². The largest absolute Gasteiger partial charge is 0.385 e. The Balaban J connectivity index is 1.55. The van der Waals surface area contributed by atoms with Gasteiger partial charge in [0, 0.05) is 37.8 Å². The third kappa shape index (κ3) is 6.57. The van der Waals surface area contributed by atoms with Gasteiger partial charge < -0.3 is 15.0 Å². The zero-order valence-corrected chi connectivity index (χ0v) is 20.7. The molecule has 4 rings (SSSR count). The normalized spacial score (nSPS) is 13.9. The number of amides is 2. The average Bonchev–Trinajstić information content (AvgIpc) is 3.32. The van der Waals surface area contributed by atoms with E-state index in [0.717, 1.165) is 37.7 Å². The van der Waals surface area contributed by atoms with Crippen LogP contribution in [0.1, 0.15) is 38.5 Å². The van der Waals surface area contributed by atoms with Crippen molar-refractivity contribution in [3.8, 4) is 16.9 Å². The molecule has 0 radical (unpaired) electrons. The van der Waals surface area contributed by atoms with Crippen LogP contribution in [0, 0.1) is 11.7 Å². The molecule has 1 fully saturated rings. The molecule has 0 saturated heterocycles. The first kappa shape index (κ1) is 25.6. The van der Waals surface area contributed by atoms with Crippen LogP contribution in [0.25, 0.3) is 16.9 Å². The monoisotopic (exact) mass is 492 g/mol. The van der Waals surface area contributed by atoms with Crippen LogP contribution in [0.4, 0.5) is 10.2 Å². The molecule has 36 heavy (non-hydrogen) atoms. The van der Waals surface area contributed by atoms with Gasteiger partial charge in [0.25, 0.3) is 0 Å². The van der Waals surface area contributed by atoms with Crippen molar-refractivity contribution < 1.29 is 18.7 Å². The Morgan fingerprint density at radius 2 is 1.81 bits per heavy atom. The number of methoxy groups -OCH3 is 1. The van der Waals surface area contributed by atoms with Crippen molar-refractivity contribution in [2.24, 2.45) is 5.92 Å². The summed E-state index contributed by atoms with van der Waals surface area (Å²) >= 11 is 0. The standard InChI is InChI=1S/C28H33FN4O3/c1-36-18-8-17-32(28(35)22-11-6-3-7-12-22)20-27(34)30-26-19-25(21-9-4-2-5-10-21)31-33(26)24-15-13-23(29)14-16-24/h2,4-5,9-10,13-16,19,22H,3,6-8,11-12,17-18,20H2,1H3,(H,30,34). The molecule has 0 bridgehead atoms. The van der Waals surface area contributed by atoms with Crippen molar-refractivity contribution in [3.05, 3.63) is 66.5 Å². The zero-order chi connectivity index (χ0) is 25.3. The Hall–Kier alpha value is -3.52. The molecule has 0 atom stereocenters. The van der Waals surface area contributed by atoms with E-state index in [1.807, 2.05) is 30.3 Å². The van der Waals surface area contributed by atoms with Gasteiger partial charge in [0.05, 0.1) is 17.9 Å². The number of aromatic nitrogens is 2. The molecule has 2 aromatic carbocycles. The summed E-state index contributed by atoms with van der Waals surface area (Å²) in [5, 5.41) is 7.60. The van der Waals surface area contributed by atoms with Crippen LogP contribution in [0.5, 0.6) is 0 Å². The zero-order valence-electron chi connectivity index (χ0n) is 20.7. The highest BCUT2D eigenvalue weighted by molar-refractivity contribution is 5.95. The van der Waals surface area contributed by atoms with Crippen molar-refractivity contribution in [2.75, 3.05) is 32.1 Å². The van der Waals surface area contributed by atoms with Crippen molar-refractivity contribution in [2.45, 2.75) is 38.5 Å². The molecule has 1 aliphatic rings. The van der Waals surface area contributed by atoms with E-state index in [4.69, 9.17) is 4.74 Å². The minimum Gasteiger partial charge on any atom is -0.385 e. The number of ether oxygens (including phenoxy) is 1. The summed E-state index contributed by atoms with van der Waals surface area (Å²) in [5.74, 6) is -0.193. The summed E-state index contributed by atoms with van der Waals surface area (Å²) < 4.78 is 20.3.